The van der Waals surface area contributed by atoms with Gasteiger partial charge < -0.3 is 15.4 Å². The average Bonchev–Trinajstić information content (AvgIpc) is 2.82. The SMILES string of the molecule is CC(C)[C@H](NC(=O)c1cccc(S(=O)(=O)N2CCOCC2)c1)C(=O)NCc1ccccn1. The fourth-order valence-corrected chi connectivity index (χ4v) is 4.74. The summed E-state index contributed by atoms with van der Waals surface area (Å²) in [7, 11) is -3.73. The zero-order chi connectivity index (χ0) is 23.1. The van der Waals surface area contributed by atoms with Gasteiger partial charge in [0.25, 0.3) is 5.91 Å². The van der Waals surface area contributed by atoms with Crippen LogP contribution in [0.15, 0.2) is 53.6 Å². The highest BCUT2D eigenvalue weighted by molar-refractivity contribution is 7.89. The summed E-state index contributed by atoms with van der Waals surface area (Å²) >= 11 is 0. The van der Waals surface area contributed by atoms with E-state index >= 15 is 0 Å². The summed E-state index contributed by atoms with van der Waals surface area (Å²) in [4.78, 5) is 29.8. The highest BCUT2D eigenvalue weighted by Gasteiger charge is 2.28. The molecule has 1 aromatic carbocycles. The molecule has 0 bridgehead atoms. The quantitative estimate of drug-likeness (QED) is 0.611. The third kappa shape index (κ3) is 5.90. The van der Waals surface area contributed by atoms with Crippen LogP contribution in [0.2, 0.25) is 0 Å². The minimum absolute atomic E-state index is 0.0350. The molecule has 2 amide bonds. The molecule has 172 valence electrons. The smallest absolute Gasteiger partial charge is 0.251 e. The lowest BCUT2D eigenvalue weighted by atomic mass is 10.0. The van der Waals surface area contributed by atoms with E-state index in [1.165, 1.54) is 28.6 Å². The molecule has 3 rings (SSSR count). The van der Waals surface area contributed by atoms with Crippen LogP contribution in [-0.2, 0) is 26.1 Å². The number of amides is 2. The van der Waals surface area contributed by atoms with Crippen molar-refractivity contribution in [3.8, 4) is 0 Å². The van der Waals surface area contributed by atoms with Crippen molar-refractivity contribution < 1.29 is 22.7 Å². The maximum Gasteiger partial charge on any atom is 0.251 e. The lowest BCUT2D eigenvalue weighted by Gasteiger charge is -2.26. The third-order valence-corrected chi connectivity index (χ3v) is 7.00. The van der Waals surface area contributed by atoms with Crippen LogP contribution in [0.25, 0.3) is 0 Å². The molecule has 2 aromatic rings. The maximum atomic E-state index is 12.9. The molecule has 32 heavy (non-hydrogen) atoms. The topological polar surface area (TPSA) is 118 Å². The summed E-state index contributed by atoms with van der Waals surface area (Å²) in [6, 6.07) is 10.5. The Labute approximate surface area is 188 Å². The lowest BCUT2D eigenvalue weighted by molar-refractivity contribution is -0.124. The van der Waals surface area contributed by atoms with Gasteiger partial charge in [-0.3, -0.25) is 14.6 Å². The van der Waals surface area contributed by atoms with E-state index in [-0.39, 0.29) is 41.9 Å². The molecule has 0 saturated carbocycles. The molecule has 2 heterocycles. The van der Waals surface area contributed by atoms with Gasteiger partial charge in [0, 0.05) is 24.8 Å². The van der Waals surface area contributed by atoms with Crippen LogP contribution in [0.4, 0.5) is 0 Å². The summed E-state index contributed by atoms with van der Waals surface area (Å²) in [6.07, 6.45) is 1.64. The average molecular weight is 461 g/mol. The first-order valence-electron chi connectivity index (χ1n) is 10.5. The van der Waals surface area contributed by atoms with Crippen molar-refractivity contribution in [1.82, 2.24) is 19.9 Å². The van der Waals surface area contributed by atoms with Crippen molar-refractivity contribution in [3.63, 3.8) is 0 Å². The van der Waals surface area contributed by atoms with Gasteiger partial charge in [0.05, 0.1) is 30.3 Å². The predicted octanol–water partition coefficient (Wildman–Crippen LogP) is 1.17. The Kier molecular flexibility index (Phi) is 7.94. The number of rotatable bonds is 8. The van der Waals surface area contributed by atoms with Crippen LogP contribution in [0.5, 0.6) is 0 Å². The van der Waals surface area contributed by atoms with Crippen LogP contribution in [0.3, 0.4) is 0 Å². The van der Waals surface area contributed by atoms with Gasteiger partial charge in [-0.25, -0.2) is 8.42 Å². The number of nitrogens with zero attached hydrogens (tertiary/aromatic N) is 2. The van der Waals surface area contributed by atoms with Crippen LogP contribution in [0, 0.1) is 5.92 Å². The first-order chi connectivity index (χ1) is 15.3. The number of pyridine rings is 1. The minimum atomic E-state index is -3.73. The first-order valence-corrected chi connectivity index (χ1v) is 11.9. The molecule has 0 aliphatic carbocycles. The van der Waals surface area contributed by atoms with Gasteiger partial charge in [0.15, 0.2) is 0 Å². The zero-order valence-electron chi connectivity index (χ0n) is 18.2. The highest BCUT2D eigenvalue weighted by Crippen LogP contribution is 2.18. The standard InChI is InChI=1S/C22H28N4O5S/c1-16(2)20(22(28)24-15-18-7-3-4-9-23-18)25-21(27)17-6-5-8-19(14-17)32(29,30)26-10-12-31-13-11-26/h3-9,14,16,20H,10-13,15H2,1-2H3,(H,24,28)(H,25,27)/t20-/m0/s1. The Balaban J connectivity index is 1.70. The van der Waals surface area contributed by atoms with Gasteiger partial charge in [0.2, 0.25) is 15.9 Å². The summed E-state index contributed by atoms with van der Waals surface area (Å²) in [5.74, 6) is -1.03. The Morgan fingerprint density at radius 1 is 1.12 bits per heavy atom. The van der Waals surface area contributed by atoms with Gasteiger partial charge in [-0.15, -0.1) is 0 Å². The van der Waals surface area contributed by atoms with Crippen molar-refractivity contribution in [1.29, 1.82) is 0 Å². The summed E-state index contributed by atoms with van der Waals surface area (Å²) in [5.41, 5.74) is 0.873. The molecular weight excluding hydrogens is 432 g/mol. The van der Waals surface area contributed by atoms with Crippen molar-refractivity contribution in [2.24, 2.45) is 5.92 Å². The van der Waals surface area contributed by atoms with E-state index in [4.69, 9.17) is 4.74 Å². The fourth-order valence-electron chi connectivity index (χ4n) is 3.28. The summed E-state index contributed by atoms with van der Waals surface area (Å²) < 4.78 is 32.3. The van der Waals surface area contributed by atoms with E-state index in [0.29, 0.717) is 18.9 Å². The molecule has 1 atom stereocenters. The number of hydrogen-bond donors (Lipinski definition) is 2. The monoisotopic (exact) mass is 460 g/mol. The lowest BCUT2D eigenvalue weighted by Crippen LogP contribution is -2.49. The van der Waals surface area contributed by atoms with Crippen LogP contribution in [-0.4, -0.2) is 61.9 Å². The van der Waals surface area contributed by atoms with E-state index in [9.17, 15) is 18.0 Å². The van der Waals surface area contributed by atoms with E-state index in [0.717, 1.165) is 0 Å². The number of hydrogen-bond acceptors (Lipinski definition) is 6. The zero-order valence-corrected chi connectivity index (χ0v) is 19.0. The van der Waals surface area contributed by atoms with Gasteiger partial charge in [-0.2, -0.15) is 4.31 Å². The molecule has 1 fully saturated rings. The molecule has 2 N–H and O–H groups in total. The molecule has 0 radical (unpaired) electrons. The molecule has 1 aliphatic heterocycles. The predicted molar refractivity (Wildman–Crippen MR) is 118 cm³/mol. The Morgan fingerprint density at radius 3 is 2.53 bits per heavy atom. The van der Waals surface area contributed by atoms with Crippen LogP contribution in [0.1, 0.15) is 29.9 Å². The number of sulfonamides is 1. The number of ether oxygens (including phenoxy) is 1. The van der Waals surface area contributed by atoms with Crippen molar-refractivity contribution in [2.75, 3.05) is 26.3 Å². The van der Waals surface area contributed by atoms with E-state index in [1.54, 1.807) is 18.3 Å². The van der Waals surface area contributed by atoms with Crippen LogP contribution >= 0.6 is 0 Å². The molecule has 0 spiro atoms. The summed E-state index contributed by atoms with van der Waals surface area (Å²) in [6.45, 7) is 5.10. The highest BCUT2D eigenvalue weighted by atomic mass is 32.2. The van der Waals surface area contributed by atoms with Crippen molar-refractivity contribution in [3.05, 3.63) is 59.9 Å². The van der Waals surface area contributed by atoms with Gasteiger partial charge in [0.1, 0.15) is 6.04 Å². The Bertz CT molecular complexity index is 1040. The first kappa shape index (κ1) is 23.8. The molecular formula is C22H28N4O5S. The van der Waals surface area contributed by atoms with E-state index < -0.39 is 22.0 Å². The van der Waals surface area contributed by atoms with Crippen molar-refractivity contribution in [2.45, 2.75) is 31.3 Å². The number of morpholine rings is 1. The molecule has 1 aromatic heterocycles. The molecule has 9 nitrogen and oxygen atoms in total. The van der Waals surface area contributed by atoms with Gasteiger partial charge >= 0.3 is 0 Å². The van der Waals surface area contributed by atoms with E-state index in [1.807, 2.05) is 19.9 Å². The number of aromatic nitrogens is 1. The second-order valence-corrected chi connectivity index (χ2v) is 9.72. The summed E-state index contributed by atoms with van der Waals surface area (Å²) in [5, 5.41) is 5.51. The Morgan fingerprint density at radius 2 is 1.88 bits per heavy atom. The van der Waals surface area contributed by atoms with Crippen molar-refractivity contribution >= 4 is 21.8 Å². The number of nitrogens with one attached hydrogen (secondary N) is 2. The number of carbonyl (C=O) groups excluding carboxylic acids is 2. The molecule has 1 aliphatic rings. The molecule has 0 unspecified atom stereocenters. The second-order valence-electron chi connectivity index (χ2n) is 7.78. The third-order valence-electron chi connectivity index (χ3n) is 5.11. The number of benzene rings is 1. The normalized spacial score (nSPS) is 15.8. The fraction of sp³-hybridized carbons (Fsp3) is 0.409. The van der Waals surface area contributed by atoms with Gasteiger partial charge in [-0.05, 0) is 36.2 Å². The molecule has 10 heteroatoms. The number of carbonyl (C=O) groups is 2. The van der Waals surface area contributed by atoms with Gasteiger partial charge in [-0.1, -0.05) is 26.0 Å². The maximum absolute atomic E-state index is 12.9. The second kappa shape index (κ2) is 10.7. The largest absolute Gasteiger partial charge is 0.379 e. The van der Waals surface area contributed by atoms with E-state index in [2.05, 4.69) is 15.6 Å². The minimum Gasteiger partial charge on any atom is -0.379 e. The van der Waals surface area contributed by atoms with Crippen LogP contribution < -0.4 is 10.6 Å². The molecule has 1 saturated heterocycles. The Hall–Kier alpha value is -2.82.